The van der Waals surface area contributed by atoms with Gasteiger partial charge in [-0.2, -0.15) is 0 Å². The van der Waals surface area contributed by atoms with Crippen molar-refractivity contribution in [2.45, 2.75) is 38.6 Å². The fourth-order valence-corrected chi connectivity index (χ4v) is 4.19. The number of nitrogens with two attached hydrogens (primary N) is 1. The summed E-state index contributed by atoms with van der Waals surface area (Å²) in [7, 11) is 0. The molecule has 0 saturated carbocycles. The van der Waals surface area contributed by atoms with Gasteiger partial charge in [0, 0.05) is 43.1 Å². The molecule has 1 aromatic rings. The summed E-state index contributed by atoms with van der Waals surface area (Å²) in [6.45, 7) is 9.56. The Balaban J connectivity index is 1.57. The van der Waals surface area contributed by atoms with Crippen LogP contribution >= 0.6 is 11.3 Å². The molecule has 1 aliphatic carbocycles. The number of anilines is 1. The molecule has 0 bridgehead atoms. The van der Waals surface area contributed by atoms with E-state index < -0.39 is 0 Å². The van der Waals surface area contributed by atoms with Crippen LogP contribution in [0.15, 0.2) is 0 Å². The number of thiazole rings is 1. The van der Waals surface area contributed by atoms with E-state index in [0.717, 1.165) is 32.7 Å². The highest BCUT2D eigenvalue weighted by molar-refractivity contribution is 7.15. The Bertz CT molecular complexity index is 419. The maximum atomic E-state index is 6.10. The molecule has 1 aromatic heterocycles. The molecule has 1 saturated heterocycles. The van der Waals surface area contributed by atoms with Crippen LogP contribution in [0.4, 0.5) is 5.13 Å². The third kappa shape index (κ3) is 3.09. The van der Waals surface area contributed by atoms with Crippen LogP contribution in [0.25, 0.3) is 0 Å². The highest BCUT2D eigenvalue weighted by atomic mass is 32.1. The molecule has 0 radical (unpaired) electrons. The van der Waals surface area contributed by atoms with Crippen molar-refractivity contribution in [1.29, 1.82) is 0 Å². The standard InChI is InChI=1S/C14H24N4S/c1-14(2,15)10-17-6-8-18(9-7-17)13-16-11-4-3-5-12(11)19-13/h3-10,15H2,1-2H3. The number of piperazine rings is 1. The minimum atomic E-state index is -0.0927. The normalized spacial score (nSPS) is 20.9. The lowest BCUT2D eigenvalue weighted by Gasteiger charge is -2.37. The first-order chi connectivity index (χ1) is 9.01. The van der Waals surface area contributed by atoms with E-state index in [2.05, 4.69) is 23.6 Å². The van der Waals surface area contributed by atoms with Crippen LogP contribution in [0.1, 0.15) is 30.8 Å². The SMILES string of the molecule is CC(C)(N)CN1CCN(c2nc3c(s2)CCC3)CC1. The minimum absolute atomic E-state index is 0.0927. The molecule has 0 spiro atoms. The Morgan fingerprint density at radius 1 is 1.21 bits per heavy atom. The van der Waals surface area contributed by atoms with E-state index in [-0.39, 0.29) is 5.54 Å². The van der Waals surface area contributed by atoms with Gasteiger partial charge in [-0.1, -0.05) is 0 Å². The van der Waals surface area contributed by atoms with E-state index in [4.69, 9.17) is 10.7 Å². The van der Waals surface area contributed by atoms with Crippen LogP contribution in [0.2, 0.25) is 0 Å². The van der Waals surface area contributed by atoms with Gasteiger partial charge in [-0.3, -0.25) is 4.90 Å². The van der Waals surface area contributed by atoms with E-state index in [1.165, 1.54) is 35.0 Å². The summed E-state index contributed by atoms with van der Waals surface area (Å²) in [6, 6.07) is 0. The van der Waals surface area contributed by atoms with Crippen molar-refractivity contribution in [3.8, 4) is 0 Å². The lowest BCUT2D eigenvalue weighted by atomic mass is 10.1. The molecular formula is C14H24N4S. The van der Waals surface area contributed by atoms with Gasteiger partial charge in [-0.05, 0) is 33.1 Å². The van der Waals surface area contributed by atoms with Crippen LogP contribution in [0, 0.1) is 0 Å². The maximum absolute atomic E-state index is 6.10. The van der Waals surface area contributed by atoms with Crippen molar-refractivity contribution in [3.05, 3.63) is 10.6 Å². The Kier molecular flexibility index (Phi) is 3.53. The Morgan fingerprint density at radius 3 is 2.58 bits per heavy atom. The van der Waals surface area contributed by atoms with E-state index in [9.17, 15) is 0 Å². The van der Waals surface area contributed by atoms with Gasteiger partial charge in [0.1, 0.15) is 0 Å². The molecule has 106 valence electrons. The highest BCUT2D eigenvalue weighted by Crippen LogP contribution is 2.32. The number of aryl methyl sites for hydroxylation is 2. The van der Waals surface area contributed by atoms with Crippen molar-refractivity contribution in [1.82, 2.24) is 9.88 Å². The van der Waals surface area contributed by atoms with Gasteiger partial charge in [0.2, 0.25) is 0 Å². The molecule has 0 unspecified atom stereocenters. The number of hydrogen-bond acceptors (Lipinski definition) is 5. The van der Waals surface area contributed by atoms with E-state index in [1.54, 1.807) is 0 Å². The minimum Gasteiger partial charge on any atom is -0.346 e. The van der Waals surface area contributed by atoms with Gasteiger partial charge in [-0.25, -0.2) is 4.98 Å². The number of aromatic nitrogens is 1. The molecule has 2 aliphatic rings. The molecule has 5 heteroatoms. The number of hydrogen-bond donors (Lipinski definition) is 1. The predicted octanol–water partition coefficient (Wildman–Crippen LogP) is 1.49. The maximum Gasteiger partial charge on any atom is 0.185 e. The first-order valence-corrected chi connectivity index (χ1v) is 8.08. The molecule has 19 heavy (non-hydrogen) atoms. The molecule has 0 amide bonds. The van der Waals surface area contributed by atoms with Crippen molar-refractivity contribution in [2.24, 2.45) is 5.73 Å². The topological polar surface area (TPSA) is 45.4 Å². The number of rotatable bonds is 3. The molecule has 4 nitrogen and oxygen atoms in total. The first-order valence-electron chi connectivity index (χ1n) is 7.26. The van der Waals surface area contributed by atoms with Crippen LogP contribution < -0.4 is 10.6 Å². The fraction of sp³-hybridized carbons (Fsp3) is 0.786. The summed E-state index contributed by atoms with van der Waals surface area (Å²) in [5.74, 6) is 0. The number of fused-ring (bicyclic) bond motifs is 1. The zero-order valence-electron chi connectivity index (χ0n) is 12.0. The Morgan fingerprint density at radius 2 is 1.95 bits per heavy atom. The first kappa shape index (κ1) is 13.3. The largest absolute Gasteiger partial charge is 0.346 e. The van der Waals surface area contributed by atoms with Crippen LogP contribution in [-0.4, -0.2) is 48.1 Å². The molecule has 2 N–H and O–H groups in total. The smallest absolute Gasteiger partial charge is 0.185 e. The fourth-order valence-electron chi connectivity index (χ4n) is 2.99. The van der Waals surface area contributed by atoms with Gasteiger partial charge < -0.3 is 10.6 Å². The van der Waals surface area contributed by atoms with Crippen LogP contribution in [-0.2, 0) is 12.8 Å². The van der Waals surface area contributed by atoms with Crippen molar-refractivity contribution < 1.29 is 0 Å². The van der Waals surface area contributed by atoms with Gasteiger partial charge in [-0.15, -0.1) is 11.3 Å². The summed E-state index contributed by atoms with van der Waals surface area (Å²) in [5, 5.41) is 1.25. The second-order valence-corrected chi connectivity index (χ2v) is 7.53. The van der Waals surface area contributed by atoms with E-state index in [1.807, 2.05) is 11.3 Å². The third-order valence-corrected chi connectivity index (χ3v) is 5.08. The monoisotopic (exact) mass is 280 g/mol. The molecule has 0 atom stereocenters. The van der Waals surface area contributed by atoms with Gasteiger partial charge >= 0.3 is 0 Å². The van der Waals surface area contributed by atoms with Crippen molar-refractivity contribution in [3.63, 3.8) is 0 Å². The Labute approximate surface area is 119 Å². The summed E-state index contributed by atoms with van der Waals surface area (Å²) in [6.07, 6.45) is 3.73. The molecular weight excluding hydrogens is 256 g/mol. The summed E-state index contributed by atoms with van der Waals surface area (Å²) in [4.78, 5) is 11.3. The molecule has 1 aliphatic heterocycles. The highest BCUT2D eigenvalue weighted by Gasteiger charge is 2.25. The second-order valence-electron chi connectivity index (χ2n) is 6.47. The van der Waals surface area contributed by atoms with Crippen molar-refractivity contribution >= 4 is 16.5 Å². The Hall–Kier alpha value is -0.650. The quantitative estimate of drug-likeness (QED) is 0.911. The lowest BCUT2D eigenvalue weighted by molar-refractivity contribution is 0.214. The van der Waals surface area contributed by atoms with Gasteiger partial charge in [0.15, 0.2) is 5.13 Å². The summed E-state index contributed by atoms with van der Waals surface area (Å²) < 4.78 is 0. The molecule has 3 rings (SSSR count). The van der Waals surface area contributed by atoms with Crippen LogP contribution in [0.3, 0.4) is 0 Å². The van der Waals surface area contributed by atoms with E-state index >= 15 is 0 Å². The van der Waals surface area contributed by atoms with Crippen LogP contribution in [0.5, 0.6) is 0 Å². The van der Waals surface area contributed by atoms with Gasteiger partial charge in [0.25, 0.3) is 0 Å². The lowest BCUT2D eigenvalue weighted by Crippen LogP contribution is -2.53. The summed E-state index contributed by atoms with van der Waals surface area (Å²) in [5.41, 5.74) is 7.37. The molecule has 2 heterocycles. The molecule has 0 aromatic carbocycles. The average Bonchev–Trinajstić information content (AvgIpc) is 2.87. The van der Waals surface area contributed by atoms with Gasteiger partial charge in [0.05, 0.1) is 5.69 Å². The zero-order chi connectivity index (χ0) is 13.5. The van der Waals surface area contributed by atoms with E-state index in [0.29, 0.717) is 0 Å². The third-order valence-electron chi connectivity index (χ3n) is 3.86. The zero-order valence-corrected chi connectivity index (χ0v) is 12.8. The molecule has 1 fully saturated rings. The second kappa shape index (κ2) is 5.04. The van der Waals surface area contributed by atoms with Crippen molar-refractivity contribution in [2.75, 3.05) is 37.6 Å². The number of nitrogens with zero attached hydrogens (tertiary/aromatic N) is 3. The summed E-state index contributed by atoms with van der Waals surface area (Å²) >= 11 is 1.91. The predicted molar refractivity (Wildman–Crippen MR) is 81.1 cm³/mol. The average molecular weight is 280 g/mol.